The monoisotopic (exact) mass is 346 g/mol. The van der Waals surface area contributed by atoms with Crippen LogP contribution in [-0.4, -0.2) is 42.1 Å². The van der Waals surface area contributed by atoms with Crippen molar-refractivity contribution in [3.63, 3.8) is 0 Å². The first-order chi connectivity index (χ1) is 12.7. The number of allylic oxidation sites excluding steroid dienone is 1. The quantitative estimate of drug-likeness (QED) is 0.730. The number of carbonyl (C=O) groups is 1. The second-order valence-electron chi connectivity index (χ2n) is 6.54. The minimum Gasteiger partial charge on any atom is -0.378 e. The van der Waals surface area contributed by atoms with Crippen molar-refractivity contribution in [1.29, 1.82) is 0 Å². The highest BCUT2D eigenvalue weighted by atomic mass is 16.5. The molecule has 0 aliphatic carbocycles. The van der Waals surface area contributed by atoms with E-state index in [1.54, 1.807) is 0 Å². The first kappa shape index (κ1) is 16.6. The number of hydrogen-bond donors (Lipinski definition) is 1. The molecule has 0 atom stereocenters. The zero-order chi connectivity index (χ0) is 17.9. The van der Waals surface area contributed by atoms with Gasteiger partial charge in [-0.3, -0.25) is 4.79 Å². The van der Waals surface area contributed by atoms with Gasteiger partial charge in [0.1, 0.15) is 0 Å². The Morgan fingerprint density at radius 1 is 1.00 bits per heavy atom. The summed E-state index contributed by atoms with van der Waals surface area (Å²) in [6.07, 6.45) is 0. The van der Waals surface area contributed by atoms with E-state index in [1.807, 2.05) is 54.3 Å². The number of fused-ring (bicyclic) bond motifs is 1. The molecule has 4 rings (SSSR count). The Labute approximate surface area is 153 Å². The van der Waals surface area contributed by atoms with Crippen molar-refractivity contribution in [1.82, 2.24) is 9.88 Å². The second kappa shape index (κ2) is 7.18. The zero-order valence-electron chi connectivity index (χ0n) is 14.9. The number of rotatable bonds is 3. The summed E-state index contributed by atoms with van der Waals surface area (Å²) in [6, 6.07) is 20.2. The Kier molecular flexibility index (Phi) is 4.59. The summed E-state index contributed by atoms with van der Waals surface area (Å²) in [6.45, 7) is 4.48. The van der Waals surface area contributed by atoms with Crippen molar-refractivity contribution >= 4 is 28.0 Å². The molecule has 1 amide bonds. The molecule has 1 N–H and O–H groups in total. The number of carbonyl (C=O) groups excluding carboxylic acids is 1. The molecule has 0 saturated carbocycles. The van der Waals surface area contributed by atoms with Gasteiger partial charge < -0.3 is 14.6 Å². The zero-order valence-corrected chi connectivity index (χ0v) is 14.9. The maximum absolute atomic E-state index is 13.3. The van der Waals surface area contributed by atoms with Gasteiger partial charge in [-0.1, -0.05) is 48.5 Å². The van der Waals surface area contributed by atoms with E-state index in [0.29, 0.717) is 26.3 Å². The van der Waals surface area contributed by atoms with Gasteiger partial charge in [0, 0.05) is 24.3 Å². The summed E-state index contributed by atoms with van der Waals surface area (Å²) in [5, 5.41) is 1.15. The van der Waals surface area contributed by atoms with Crippen LogP contribution in [0.25, 0.3) is 22.0 Å². The third-order valence-corrected chi connectivity index (χ3v) is 4.88. The maximum atomic E-state index is 13.3. The third kappa shape index (κ3) is 3.16. The van der Waals surface area contributed by atoms with Crippen molar-refractivity contribution in [3.05, 3.63) is 71.9 Å². The molecule has 0 spiro atoms. The molecule has 0 unspecified atom stereocenters. The molecule has 1 aromatic heterocycles. The lowest BCUT2D eigenvalue weighted by atomic mass is 9.97. The maximum Gasteiger partial charge on any atom is 0.254 e. The smallest absolute Gasteiger partial charge is 0.254 e. The molecular weight excluding hydrogens is 324 g/mol. The lowest BCUT2D eigenvalue weighted by molar-refractivity contribution is -0.128. The predicted octanol–water partition coefficient (Wildman–Crippen LogP) is 3.96. The molecule has 26 heavy (non-hydrogen) atoms. The van der Waals surface area contributed by atoms with Crippen LogP contribution in [0.2, 0.25) is 0 Å². The van der Waals surface area contributed by atoms with Gasteiger partial charge in [-0.25, -0.2) is 0 Å². The first-order valence-corrected chi connectivity index (χ1v) is 8.95. The van der Waals surface area contributed by atoms with Crippen molar-refractivity contribution < 1.29 is 9.53 Å². The highest BCUT2D eigenvalue weighted by Gasteiger charge is 2.24. The molecule has 3 aromatic rings. The Morgan fingerprint density at radius 2 is 1.69 bits per heavy atom. The SMILES string of the molecule is C/C(=C(\C(=O)N1CCOCC1)c1ccccc1)c1cc2ccccc2[nH]1. The topological polar surface area (TPSA) is 45.3 Å². The number of nitrogens with zero attached hydrogens (tertiary/aromatic N) is 1. The van der Waals surface area contributed by atoms with Gasteiger partial charge >= 0.3 is 0 Å². The Bertz CT molecular complexity index is 917. The minimum atomic E-state index is 0.0654. The number of amides is 1. The fourth-order valence-electron chi connectivity index (χ4n) is 3.44. The fraction of sp³-hybridized carbons (Fsp3) is 0.227. The lowest BCUT2D eigenvalue weighted by Crippen LogP contribution is -2.41. The first-order valence-electron chi connectivity index (χ1n) is 8.95. The van der Waals surface area contributed by atoms with Gasteiger partial charge in [0.25, 0.3) is 5.91 Å². The van der Waals surface area contributed by atoms with Gasteiger partial charge in [0.05, 0.1) is 18.8 Å². The summed E-state index contributed by atoms with van der Waals surface area (Å²) in [5.74, 6) is 0.0654. The molecule has 2 aromatic carbocycles. The summed E-state index contributed by atoms with van der Waals surface area (Å²) < 4.78 is 5.40. The minimum absolute atomic E-state index is 0.0654. The number of para-hydroxylation sites is 1. The molecule has 4 heteroatoms. The summed E-state index contributed by atoms with van der Waals surface area (Å²) >= 11 is 0. The molecule has 132 valence electrons. The van der Waals surface area contributed by atoms with Crippen LogP contribution >= 0.6 is 0 Å². The van der Waals surface area contributed by atoms with Crippen LogP contribution in [0.15, 0.2) is 60.7 Å². The van der Waals surface area contributed by atoms with Gasteiger partial charge in [0.15, 0.2) is 0 Å². The van der Waals surface area contributed by atoms with Gasteiger partial charge in [-0.15, -0.1) is 0 Å². The number of aromatic nitrogens is 1. The van der Waals surface area contributed by atoms with Gasteiger partial charge in [0.2, 0.25) is 0 Å². The van der Waals surface area contributed by atoms with E-state index in [-0.39, 0.29) is 5.91 Å². The molecule has 0 radical (unpaired) electrons. The lowest BCUT2D eigenvalue weighted by Gasteiger charge is -2.28. The predicted molar refractivity (Wildman–Crippen MR) is 105 cm³/mol. The van der Waals surface area contributed by atoms with Crippen LogP contribution in [0, 0.1) is 0 Å². The van der Waals surface area contributed by atoms with E-state index >= 15 is 0 Å². The molecule has 1 aliphatic rings. The summed E-state index contributed by atoms with van der Waals surface area (Å²) in [5.41, 5.74) is 4.71. The number of hydrogen-bond acceptors (Lipinski definition) is 2. The van der Waals surface area contributed by atoms with Crippen LogP contribution in [0.3, 0.4) is 0 Å². The highest BCUT2D eigenvalue weighted by molar-refractivity contribution is 6.26. The Morgan fingerprint density at radius 3 is 2.42 bits per heavy atom. The molecule has 4 nitrogen and oxygen atoms in total. The number of H-pyrrole nitrogens is 1. The van der Waals surface area contributed by atoms with Crippen molar-refractivity contribution in [2.45, 2.75) is 6.92 Å². The molecule has 2 heterocycles. The van der Waals surface area contributed by atoms with Crippen LogP contribution in [0.1, 0.15) is 18.2 Å². The number of aromatic amines is 1. The molecular formula is C22H22N2O2. The van der Waals surface area contributed by atoms with Crippen molar-refractivity contribution in [2.75, 3.05) is 26.3 Å². The second-order valence-corrected chi connectivity index (χ2v) is 6.54. The van der Waals surface area contributed by atoms with E-state index in [1.165, 1.54) is 0 Å². The fourth-order valence-corrected chi connectivity index (χ4v) is 3.44. The molecule has 1 fully saturated rings. The van der Waals surface area contributed by atoms with Gasteiger partial charge in [-0.2, -0.15) is 0 Å². The van der Waals surface area contributed by atoms with E-state index in [4.69, 9.17) is 4.74 Å². The van der Waals surface area contributed by atoms with Crippen molar-refractivity contribution in [3.8, 4) is 0 Å². The largest absolute Gasteiger partial charge is 0.378 e. The number of nitrogens with one attached hydrogen (secondary N) is 1. The Balaban J connectivity index is 1.82. The average Bonchev–Trinajstić information content (AvgIpc) is 3.14. The summed E-state index contributed by atoms with van der Waals surface area (Å²) in [4.78, 5) is 18.7. The van der Waals surface area contributed by atoms with E-state index < -0.39 is 0 Å². The normalized spacial score (nSPS) is 15.8. The van der Waals surface area contributed by atoms with Crippen LogP contribution < -0.4 is 0 Å². The average molecular weight is 346 g/mol. The van der Waals surface area contributed by atoms with Gasteiger partial charge in [-0.05, 0) is 35.6 Å². The van der Waals surface area contributed by atoms with E-state index in [9.17, 15) is 4.79 Å². The molecule has 1 aliphatic heterocycles. The summed E-state index contributed by atoms with van der Waals surface area (Å²) in [7, 11) is 0. The number of benzene rings is 2. The standard InChI is InChI=1S/C22H22N2O2/c1-16(20-15-18-9-5-6-10-19(18)23-20)21(17-7-3-2-4-8-17)22(25)24-11-13-26-14-12-24/h2-10,15,23H,11-14H2,1H3/b21-16+. The molecule has 1 saturated heterocycles. The highest BCUT2D eigenvalue weighted by Crippen LogP contribution is 2.29. The Hall–Kier alpha value is -2.85. The van der Waals surface area contributed by atoms with E-state index in [2.05, 4.69) is 23.2 Å². The van der Waals surface area contributed by atoms with Crippen LogP contribution in [0.5, 0.6) is 0 Å². The number of morpholine rings is 1. The van der Waals surface area contributed by atoms with Crippen molar-refractivity contribution in [2.24, 2.45) is 0 Å². The van der Waals surface area contributed by atoms with Crippen LogP contribution in [-0.2, 0) is 9.53 Å². The van der Waals surface area contributed by atoms with Crippen LogP contribution in [0.4, 0.5) is 0 Å². The third-order valence-electron chi connectivity index (χ3n) is 4.88. The molecule has 0 bridgehead atoms. The van der Waals surface area contributed by atoms with E-state index in [0.717, 1.165) is 33.3 Å². The number of ether oxygens (including phenoxy) is 1.